The number of aliphatic hydroxyl groups is 5. The number of carbonyl (C=O) groups excluding carboxylic acids is 6. The van der Waals surface area contributed by atoms with Crippen LogP contribution >= 0.6 is 0 Å². The third kappa shape index (κ3) is 21.2. The van der Waals surface area contributed by atoms with E-state index in [-0.39, 0.29) is 62.0 Å². The predicted molar refractivity (Wildman–Crippen MR) is 238 cm³/mol. The number of aliphatic imine (C=N–C) groups is 1. The first-order valence-electron chi connectivity index (χ1n) is 22.4. The summed E-state index contributed by atoms with van der Waals surface area (Å²) >= 11 is 0. The maximum absolute atomic E-state index is 13.2. The summed E-state index contributed by atoms with van der Waals surface area (Å²) < 4.78 is 26.7. The average molecular weight is 982 g/mol. The van der Waals surface area contributed by atoms with Crippen molar-refractivity contribution in [1.29, 1.82) is 0 Å². The van der Waals surface area contributed by atoms with Gasteiger partial charge in [-0.2, -0.15) is 0 Å². The van der Waals surface area contributed by atoms with Gasteiger partial charge in [0.25, 0.3) is 0 Å². The Morgan fingerprint density at radius 1 is 0.559 bits per heavy atom. The minimum Gasteiger partial charge on any atom is -0.454 e. The highest BCUT2D eigenvalue weighted by molar-refractivity contribution is 5.77. The number of rotatable bonds is 30. The molecule has 0 bridgehead atoms. The molecule has 392 valence electrons. The molecule has 0 radical (unpaired) electrons. The van der Waals surface area contributed by atoms with Crippen LogP contribution in [0.3, 0.4) is 0 Å². The molecule has 1 saturated heterocycles. The standard InChI is InChI=1S/C39H75N13O16/c40-9-1-5-18(41)13-23(54)49-10-2-6-19(42)14-24(55)50-11-3-7-20(43)15-25(56)51-12-4-8-21(44)16-26(57)65-34-33(67-38(47)62)31(61)30(60)32(35(34)68-39(48)63)66-36-29(59)27(52-37(45)46)28(58)22(17-53)64-36/h18-22,27-36,53,58-61H,1-17,40-44H2,(H2,47,62)(H2,48,63)(H,49,54)(H,50,55)(H,51,56)(H4,45,46,52)/t18-,19-,20-,21-,22+,27-,28+,29-,30+,31+,32-,33-,34-,35+,36+/m0/s1. The molecule has 0 aromatic heterocycles. The van der Waals surface area contributed by atoms with E-state index in [1.807, 2.05) is 0 Å². The highest BCUT2D eigenvalue weighted by atomic mass is 16.7. The molecular weight excluding hydrogens is 907 g/mol. The lowest BCUT2D eigenvalue weighted by atomic mass is 9.84. The van der Waals surface area contributed by atoms with Crippen LogP contribution in [-0.2, 0) is 42.9 Å². The molecule has 1 aliphatic carbocycles. The maximum atomic E-state index is 13.2. The lowest BCUT2D eigenvalue weighted by Gasteiger charge is -2.48. The number of nitrogens with two attached hydrogens (primary N) is 9. The molecule has 0 aromatic rings. The number of carbonyl (C=O) groups is 6. The van der Waals surface area contributed by atoms with Crippen molar-refractivity contribution >= 4 is 41.8 Å². The number of esters is 1. The Bertz CT molecular complexity index is 1620. The number of nitrogens with one attached hydrogen (secondary N) is 3. The number of ether oxygens (including phenoxy) is 5. The second-order valence-corrected chi connectivity index (χ2v) is 16.9. The molecule has 0 aromatic carbocycles. The van der Waals surface area contributed by atoms with Crippen molar-refractivity contribution in [2.75, 3.05) is 32.8 Å². The van der Waals surface area contributed by atoms with Crippen LogP contribution in [0.1, 0.15) is 77.0 Å². The zero-order valence-electron chi connectivity index (χ0n) is 38.1. The molecule has 1 heterocycles. The normalized spacial score (nSPS) is 27.6. The van der Waals surface area contributed by atoms with E-state index in [0.717, 1.165) is 6.42 Å². The van der Waals surface area contributed by atoms with E-state index in [2.05, 4.69) is 20.9 Å². The molecule has 1 saturated carbocycles. The largest absolute Gasteiger partial charge is 0.454 e. The Morgan fingerprint density at radius 2 is 0.971 bits per heavy atom. The van der Waals surface area contributed by atoms with E-state index < -0.39 is 116 Å². The van der Waals surface area contributed by atoms with Gasteiger partial charge in [-0.1, -0.05) is 0 Å². The third-order valence-electron chi connectivity index (χ3n) is 11.0. The molecule has 0 spiro atoms. The molecule has 15 atom stereocenters. The number of nitrogens with zero attached hydrogens (tertiary/aromatic N) is 1. The average Bonchev–Trinajstić information content (AvgIpc) is 3.25. The molecule has 29 nitrogen and oxygen atoms in total. The van der Waals surface area contributed by atoms with Crippen LogP contribution < -0.4 is 67.6 Å². The first-order chi connectivity index (χ1) is 32.1. The van der Waals surface area contributed by atoms with E-state index >= 15 is 0 Å². The van der Waals surface area contributed by atoms with Crippen LogP contribution in [0.4, 0.5) is 9.59 Å². The Morgan fingerprint density at radius 3 is 1.40 bits per heavy atom. The number of primary amides is 2. The molecule has 26 N–H and O–H groups in total. The van der Waals surface area contributed by atoms with Crippen molar-refractivity contribution in [1.82, 2.24) is 16.0 Å². The summed E-state index contributed by atoms with van der Waals surface area (Å²) in [6, 6.07) is -3.59. The summed E-state index contributed by atoms with van der Waals surface area (Å²) in [5, 5.41) is 61.7. The van der Waals surface area contributed by atoms with Gasteiger partial charge in [0.2, 0.25) is 17.7 Å². The fourth-order valence-corrected chi connectivity index (χ4v) is 7.55. The summed E-state index contributed by atoms with van der Waals surface area (Å²) in [6.45, 7) is 0.579. The zero-order chi connectivity index (χ0) is 51.1. The number of amides is 5. The molecule has 2 rings (SSSR count). The molecule has 2 aliphatic rings. The summed E-state index contributed by atoms with van der Waals surface area (Å²) in [6.07, 6.45) is -18.6. The Balaban J connectivity index is 1.83. The lowest BCUT2D eigenvalue weighted by Crippen LogP contribution is -2.69. The third-order valence-corrected chi connectivity index (χ3v) is 11.0. The highest BCUT2D eigenvalue weighted by Gasteiger charge is 2.58. The summed E-state index contributed by atoms with van der Waals surface area (Å²) in [7, 11) is 0. The minimum atomic E-state index is -2.17. The van der Waals surface area contributed by atoms with Gasteiger partial charge in [-0.05, 0) is 57.9 Å². The van der Waals surface area contributed by atoms with Crippen molar-refractivity contribution in [3.8, 4) is 0 Å². The van der Waals surface area contributed by atoms with Crippen molar-refractivity contribution in [2.45, 2.75) is 168 Å². The number of aliphatic hydroxyl groups excluding tert-OH is 5. The van der Waals surface area contributed by atoms with Gasteiger partial charge in [-0.25, -0.2) is 14.6 Å². The van der Waals surface area contributed by atoms with E-state index in [1.165, 1.54) is 0 Å². The SMILES string of the molecule is NCCC[C@H](N)CC(=O)NCCC[C@H](N)CC(=O)NCCC[C@H](N)CC(=O)NCCC[C@H](N)CC(=O)O[C@@H]1[C@H](OC(N)=O)[C@@H](O[C@H]2O[C@H](CO)[C@@H](O)[C@H](N=C(N)N)[C@@H]2O)[C@H](O)[C@@H](O)[C@@H]1OC(N)=O. The van der Waals surface area contributed by atoms with E-state index in [9.17, 15) is 54.3 Å². The van der Waals surface area contributed by atoms with Crippen molar-refractivity contribution in [2.24, 2.45) is 56.6 Å². The molecule has 29 heteroatoms. The number of hydrogen-bond acceptors (Lipinski definition) is 22. The predicted octanol–water partition coefficient (Wildman–Crippen LogP) is -7.67. The van der Waals surface area contributed by atoms with Crippen molar-refractivity contribution in [3.05, 3.63) is 0 Å². The minimum absolute atomic E-state index is 0.00421. The first-order valence-corrected chi connectivity index (χ1v) is 22.4. The van der Waals surface area contributed by atoms with Gasteiger partial charge in [0.15, 0.2) is 30.6 Å². The van der Waals surface area contributed by atoms with Gasteiger partial charge < -0.3 is 117 Å². The zero-order valence-corrected chi connectivity index (χ0v) is 38.1. The van der Waals surface area contributed by atoms with E-state index in [0.29, 0.717) is 58.2 Å². The second-order valence-electron chi connectivity index (χ2n) is 16.9. The fraction of sp³-hybridized carbons (Fsp3) is 0.821. The summed E-state index contributed by atoms with van der Waals surface area (Å²) in [4.78, 5) is 77.7. The van der Waals surface area contributed by atoms with Crippen molar-refractivity contribution in [3.63, 3.8) is 0 Å². The van der Waals surface area contributed by atoms with Crippen LogP contribution in [0, 0.1) is 0 Å². The number of hydrogen-bond donors (Lipinski definition) is 17. The van der Waals surface area contributed by atoms with Gasteiger partial charge in [0.1, 0.15) is 42.7 Å². The second kappa shape index (κ2) is 30.6. The molecular formula is C39H75N13O16. The molecule has 5 amide bonds. The monoisotopic (exact) mass is 982 g/mol. The number of guanidine groups is 1. The maximum Gasteiger partial charge on any atom is 0.405 e. The Kier molecular flexibility index (Phi) is 26.7. The smallest absolute Gasteiger partial charge is 0.405 e. The van der Waals surface area contributed by atoms with Gasteiger partial charge in [0, 0.05) is 63.1 Å². The van der Waals surface area contributed by atoms with Crippen LogP contribution in [0.25, 0.3) is 0 Å². The van der Waals surface area contributed by atoms with Crippen LogP contribution in [0.5, 0.6) is 0 Å². The van der Waals surface area contributed by atoms with Gasteiger partial charge in [-0.15, -0.1) is 0 Å². The molecule has 2 fully saturated rings. The first kappa shape index (κ1) is 59.3. The summed E-state index contributed by atoms with van der Waals surface area (Å²) in [5.74, 6) is -2.38. The van der Waals surface area contributed by atoms with Crippen LogP contribution in [0.2, 0.25) is 0 Å². The van der Waals surface area contributed by atoms with E-state index in [1.54, 1.807) is 0 Å². The highest BCUT2D eigenvalue weighted by Crippen LogP contribution is 2.34. The Hall–Kier alpha value is -4.79. The van der Waals surface area contributed by atoms with Crippen molar-refractivity contribution < 1.29 is 78.0 Å². The molecule has 1 aliphatic heterocycles. The summed E-state index contributed by atoms with van der Waals surface area (Å²) in [5.41, 5.74) is 51.0. The molecule has 0 unspecified atom stereocenters. The van der Waals surface area contributed by atoms with Gasteiger partial charge >= 0.3 is 18.2 Å². The van der Waals surface area contributed by atoms with Crippen LogP contribution in [0.15, 0.2) is 4.99 Å². The Labute approximate surface area is 393 Å². The fourth-order valence-electron chi connectivity index (χ4n) is 7.55. The van der Waals surface area contributed by atoms with E-state index in [4.69, 9.17) is 75.3 Å². The van der Waals surface area contributed by atoms with Gasteiger partial charge in [0.05, 0.1) is 13.0 Å². The molecule has 68 heavy (non-hydrogen) atoms. The lowest BCUT2D eigenvalue weighted by molar-refractivity contribution is -0.324. The van der Waals surface area contributed by atoms with Gasteiger partial charge in [-0.3, -0.25) is 19.2 Å². The quantitative estimate of drug-likeness (QED) is 0.0104. The topological polar surface area (TPSA) is 532 Å². The van der Waals surface area contributed by atoms with Crippen LogP contribution in [-0.4, -0.2) is 192 Å².